The molecule has 3 fully saturated rings. The molecule has 0 radical (unpaired) electrons. The third-order valence-corrected chi connectivity index (χ3v) is 9.81. The molecule has 1 aromatic rings. The fraction of sp³-hybridized carbons (Fsp3) is 0.708. The van der Waals surface area contributed by atoms with Gasteiger partial charge in [0.05, 0.1) is 10.1 Å². The molecule has 2 unspecified atom stereocenters. The van der Waals surface area contributed by atoms with E-state index in [1.807, 2.05) is 6.07 Å². The summed E-state index contributed by atoms with van der Waals surface area (Å²) in [5.74, 6) is 1.29. The van der Waals surface area contributed by atoms with Gasteiger partial charge in [-0.15, -0.1) is 0 Å². The van der Waals surface area contributed by atoms with Crippen molar-refractivity contribution in [2.24, 2.45) is 11.8 Å². The van der Waals surface area contributed by atoms with Gasteiger partial charge in [-0.05, 0) is 69.4 Å². The number of carbonyl (C=O) groups excluding carboxylic acids is 1. The van der Waals surface area contributed by atoms with E-state index in [-0.39, 0.29) is 23.3 Å². The van der Waals surface area contributed by atoms with E-state index in [1.54, 1.807) is 24.3 Å². The van der Waals surface area contributed by atoms with Gasteiger partial charge >= 0.3 is 0 Å². The molecule has 3 aliphatic rings. The summed E-state index contributed by atoms with van der Waals surface area (Å²) in [4.78, 5) is 15.9. The summed E-state index contributed by atoms with van der Waals surface area (Å²) in [7, 11) is -3.32. The van der Waals surface area contributed by atoms with Crippen molar-refractivity contribution in [1.29, 1.82) is 0 Å². The molecule has 1 amide bonds. The summed E-state index contributed by atoms with van der Waals surface area (Å²) >= 11 is 0. The van der Waals surface area contributed by atoms with Crippen LogP contribution < -0.4 is 0 Å². The highest BCUT2D eigenvalue weighted by molar-refractivity contribution is 7.92. The van der Waals surface area contributed by atoms with Gasteiger partial charge in [0.2, 0.25) is 5.91 Å². The number of piperidine rings is 1. The average Bonchev–Trinajstić information content (AvgIpc) is 3.01. The molecule has 29 heavy (non-hydrogen) atoms. The SMILES string of the molecule is CCCCC1CCC(C(=O)N2C3CCC2CC(S(=O)(=O)c2ccccc2)C3)CC1. The first-order valence-electron chi connectivity index (χ1n) is 11.6. The Bertz CT molecular complexity index is 785. The number of unbranched alkanes of at least 4 members (excludes halogenated alkanes) is 1. The lowest BCUT2D eigenvalue weighted by molar-refractivity contribution is -0.141. The predicted octanol–water partition coefficient (Wildman–Crippen LogP) is 4.98. The zero-order chi connectivity index (χ0) is 20.4. The average molecular weight is 418 g/mol. The molecule has 4 nitrogen and oxygen atoms in total. The van der Waals surface area contributed by atoms with Crippen molar-refractivity contribution in [1.82, 2.24) is 4.90 Å². The molecule has 0 N–H and O–H groups in total. The van der Waals surface area contributed by atoms with Crippen molar-refractivity contribution in [3.8, 4) is 0 Å². The van der Waals surface area contributed by atoms with Gasteiger partial charge in [0, 0.05) is 18.0 Å². The molecular formula is C24H35NO3S. The molecule has 2 aliphatic heterocycles. The second-order valence-electron chi connectivity index (χ2n) is 9.44. The fourth-order valence-electron chi connectivity index (χ4n) is 5.94. The van der Waals surface area contributed by atoms with E-state index in [2.05, 4.69) is 11.8 Å². The number of benzene rings is 1. The van der Waals surface area contributed by atoms with E-state index >= 15 is 0 Å². The molecular weight excluding hydrogens is 382 g/mol. The van der Waals surface area contributed by atoms with Crippen molar-refractivity contribution in [3.05, 3.63) is 30.3 Å². The number of hydrogen-bond acceptors (Lipinski definition) is 3. The minimum Gasteiger partial charge on any atom is -0.336 e. The molecule has 1 aromatic carbocycles. The van der Waals surface area contributed by atoms with Crippen LogP contribution in [0, 0.1) is 11.8 Å². The Labute approximate surface area is 176 Å². The summed E-state index contributed by atoms with van der Waals surface area (Å²) < 4.78 is 26.2. The Hall–Kier alpha value is -1.36. The van der Waals surface area contributed by atoms with Crippen LogP contribution in [0.2, 0.25) is 0 Å². The third-order valence-electron chi connectivity index (χ3n) is 7.62. The normalized spacial score (nSPS) is 32.3. The molecule has 2 atom stereocenters. The Balaban J connectivity index is 1.39. The van der Waals surface area contributed by atoms with Crippen LogP contribution in [-0.4, -0.2) is 36.6 Å². The fourth-order valence-corrected chi connectivity index (χ4v) is 7.82. The minimum absolute atomic E-state index is 0.113. The molecule has 2 bridgehead atoms. The van der Waals surface area contributed by atoms with Crippen molar-refractivity contribution in [2.45, 2.75) is 99.8 Å². The highest BCUT2D eigenvalue weighted by Gasteiger charge is 2.48. The Morgan fingerprint density at radius 2 is 1.59 bits per heavy atom. The summed E-state index contributed by atoms with van der Waals surface area (Å²) in [5, 5.41) is -0.351. The molecule has 1 saturated carbocycles. The predicted molar refractivity (Wildman–Crippen MR) is 115 cm³/mol. The van der Waals surface area contributed by atoms with Crippen LogP contribution in [0.25, 0.3) is 0 Å². The molecule has 1 aliphatic carbocycles. The molecule has 2 heterocycles. The minimum atomic E-state index is -3.32. The highest BCUT2D eigenvalue weighted by atomic mass is 32.2. The second kappa shape index (κ2) is 8.79. The van der Waals surface area contributed by atoms with Crippen LogP contribution in [0.1, 0.15) is 77.6 Å². The maximum atomic E-state index is 13.3. The van der Waals surface area contributed by atoms with Gasteiger partial charge in [0.15, 0.2) is 9.84 Å². The number of carbonyl (C=O) groups is 1. The van der Waals surface area contributed by atoms with E-state index in [9.17, 15) is 13.2 Å². The summed E-state index contributed by atoms with van der Waals surface area (Å²) in [6.07, 6.45) is 11.4. The van der Waals surface area contributed by atoms with Gasteiger partial charge in [-0.3, -0.25) is 4.79 Å². The Morgan fingerprint density at radius 1 is 0.966 bits per heavy atom. The maximum Gasteiger partial charge on any atom is 0.226 e. The number of nitrogens with zero attached hydrogens (tertiary/aromatic N) is 1. The van der Waals surface area contributed by atoms with Crippen LogP contribution in [0.15, 0.2) is 35.2 Å². The molecule has 2 saturated heterocycles. The highest BCUT2D eigenvalue weighted by Crippen LogP contribution is 2.42. The number of fused-ring (bicyclic) bond motifs is 2. The molecule has 4 rings (SSSR count). The lowest BCUT2D eigenvalue weighted by Gasteiger charge is -2.41. The van der Waals surface area contributed by atoms with Crippen molar-refractivity contribution in [3.63, 3.8) is 0 Å². The monoisotopic (exact) mass is 417 g/mol. The number of hydrogen-bond donors (Lipinski definition) is 0. The number of sulfone groups is 1. The van der Waals surface area contributed by atoms with E-state index in [1.165, 1.54) is 32.1 Å². The molecule has 160 valence electrons. The van der Waals surface area contributed by atoms with Crippen LogP contribution in [0.3, 0.4) is 0 Å². The quantitative estimate of drug-likeness (QED) is 0.656. The topological polar surface area (TPSA) is 54.5 Å². The van der Waals surface area contributed by atoms with Gasteiger partial charge in [0.1, 0.15) is 0 Å². The first kappa shape index (κ1) is 20.9. The van der Waals surface area contributed by atoms with Gasteiger partial charge in [0.25, 0.3) is 0 Å². The molecule has 0 spiro atoms. The van der Waals surface area contributed by atoms with Crippen LogP contribution in [0.4, 0.5) is 0 Å². The number of rotatable bonds is 6. The Morgan fingerprint density at radius 3 is 2.17 bits per heavy atom. The lowest BCUT2D eigenvalue weighted by atomic mass is 9.79. The van der Waals surface area contributed by atoms with E-state index < -0.39 is 9.84 Å². The second-order valence-corrected chi connectivity index (χ2v) is 11.7. The van der Waals surface area contributed by atoms with Crippen molar-refractivity contribution in [2.75, 3.05) is 0 Å². The zero-order valence-corrected chi connectivity index (χ0v) is 18.4. The maximum absolute atomic E-state index is 13.3. The van der Waals surface area contributed by atoms with Crippen LogP contribution in [-0.2, 0) is 14.6 Å². The largest absolute Gasteiger partial charge is 0.336 e. The summed E-state index contributed by atoms with van der Waals surface area (Å²) in [5.41, 5.74) is 0. The van der Waals surface area contributed by atoms with E-state index in [0.717, 1.165) is 31.6 Å². The molecule has 0 aromatic heterocycles. The van der Waals surface area contributed by atoms with Gasteiger partial charge in [-0.25, -0.2) is 8.42 Å². The number of amides is 1. The summed E-state index contributed by atoms with van der Waals surface area (Å²) in [6.45, 7) is 2.24. The third kappa shape index (κ3) is 4.26. The first-order valence-corrected chi connectivity index (χ1v) is 13.2. The van der Waals surface area contributed by atoms with Crippen LogP contribution >= 0.6 is 0 Å². The van der Waals surface area contributed by atoms with Crippen molar-refractivity contribution >= 4 is 15.7 Å². The van der Waals surface area contributed by atoms with Gasteiger partial charge in [-0.1, -0.05) is 44.4 Å². The summed E-state index contributed by atoms with van der Waals surface area (Å²) in [6, 6.07) is 9.05. The van der Waals surface area contributed by atoms with E-state index in [0.29, 0.717) is 23.6 Å². The first-order chi connectivity index (χ1) is 14.0. The van der Waals surface area contributed by atoms with Crippen LogP contribution in [0.5, 0.6) is 0 Å². The zero-order valence-electron chi connectivity index (χ0n) is 17.6. The lowest BCUT2D eigenvalue weighted by Crippen LogP contribution is -2.51. The van der Waals surface area contributed by atoms with Crippen molar-refractivity contribution < 1.29 is 13.2 Å². The van der Waals surface area contributed by atoms with Gasteiger partial charge < -0.3 is 4.90 Å². The standard InChI is InChI=1S/C24H35NO3S/c1-2-3-7-18-10-12-19(13-11-18)24(26)25-20-14-15-21(25)17-23(16-20)29(27,28)22-8-5-4-6-9-22/h4-6,8-9,18-21,23H,2-3,7,10-17H2,1H3. The Kier molecular flexibility index (Phi) is 6.33. The smallest absolute Gasteiger partial charge is 0.226 e. The van der Waals surface area contributed by atoms with Gasteiger partial charge in [-0.2, -0.15) is 0 Å². The van der Waals surface area contributed by atoms with E-state index in [4.69, 9.17) is 0 Å². The molecule has 5 heteroatoms.